The number of rotatable bonds is 1. The van der Waals surface area contributed by atoms with E-state index in [4.69, 9.17) is 5.73 Å². The lowest BCUT2D eigenvalue weighted by Crippen LogP contribution is -2.26. The highest BCUT2D eigenvalue weighted by Gasteiger charge is 2.33. The molecule has 2 N–H and O–H groups in total. The van der Waals surface area contributed by atoms with E-state index in [0.29, 0.717) is 10.9 Å². The van der Waals surface area contributed by atoms with Crippen molar-refractivity contribution in [3.8, 4) is 0 Å². The summed E-state index contributed by atoms with van der Waals surface area (Å²) in [5, 5.41) is 0.683. The zero-order chi connectivity index (χ0) is 14.4. The second-order valence-corrected chi connectivity index (χ2v) is 5.33. The largest absolute Gasteiger partial charge is 0.326 e. The van der Waals surface area contributed by atoms with E-state index >= 15 is 0 Å². The van der Waals surface area contributed by atoms with Crippen molar-refractivity contribution in [3.63, 3.8) is 0 Å². The summed E-state index contributed by atoms with van der Waals surface area (Å²) in [7, 11) is 0. The lowest BCUT2D eigenvalue weighted by atomic mass is 9.92. The maximum Gasteiger partial charge on any atom is 0.213 e. The Kier molecular flexibility index (Phi) is 2.68. The number of aromatic nitrogens is 3. The Morgan fingerprint density at radius 2 is 2.00 bits per heavy atom. The van der Waals surface area contributed by atoms with Crippen molar-refractivity contribution in [1.82, 2.24) is 15.0 Å². The van der Waals surface area contributed by atoms with Gasteiger partial charge in [0.25, 0.3) is 0 Å². The predicted octanol–water partition coefficient (Wildman–Crippen LogP) is 2.18. The number of pyridine rings is 1. The second-order valence-electron chi connectivity index (χ2n) is 5.33. The fraction of sp³-hybridized carbons (Fsp3) is 0.188. The molecule has 2 atom stereocenters. The van der Waals surface area contributed by atoms with Crippen LogP contribution in [0.4, 0.5) is 4.39 Å². The van der Waals surface area contributed by atoms with Crippen LogP contribution in [0, 0.1) is 5.95 Å². The maximum atomic E-state index is 13.5. The highest BCUT2D eigenvalue weighted by atomic mass is 19.1. The first kappa shape index (κ1) is 12.3. The van der Waals surface area contributed by atoms with E-state index in [1.807, 2.05) is 12.1 Å². The summed E-state index contributed by atoms with van der Waals surface area (Å²) >= 11 is 0. The number of halogens is 1. The Balaban J connectivity index is 1.97. The van der Waals surface area contributed by atoms with E-state index in [-0.39, 0.29) is 12.0 Å². The van der Waals surface area contributed by atoms with Gasteiger partial charge in [-0.15, -0.1) is 0 Å². The standard InChI is InChI=1S/C16H13FN4/c17-14-6-11-13(7-19-14)20-8-21-16(11)15-10-4-2-1-3-9(10)5-12(15)18/h1-4,6-8,12,15H,5,18H2. The van der Waals surface area contributed by atoms with Crippen molar-refractivity contribution in [1.29, 1.82) is 0 Å². The molecule has 0 spiro atoms. The first-order valence-electron chi connectivity index (χ1n) is 6.83. The third-order valence-corrected chi connectivity index (χ3v) is 4.09. The number of fused-ring (bicyclic) bond motifs is 2. The van der Waals surface area contributed by atoms with E-state index in [1.54, 1.807) is 0 Å². The molecule has 0 radical (unpaired) electrons. The monoisotopic (exact) mass is 280 g/mol. The van der Waals surface area contributed by atoms with Gasteiger partial charge in [-0.05, 0) is 17.5 Å². The van der Waals surface area contributed by atoms with Crippen LogP contribution in [-0.4, -0.2) is 21.0 Å². The molecule has 2 unspecified atom stereocenters. The third-order valence-electron chi connectivity index (χ3n) is 4.09. The molecule has 1 aliphatic carbocycles. The molecule has 2 aromatic heterocycles. The topological polar surface area (TPSA) is 64.7 Å². The van der Waals surface area contributed by atoms with Crippen LogP contribution >= 0.6 is 0 Å². The fourth-order valence-electron chi connectivity index (χ4n) is 3.18. The van der Waals surface area contributed by atoms with Crippen molar-refractivity contribution in [2.75, 3.05) is 0 Å². The molecular weight excluding hydrogens is 267 g/mol. The van der Waals surface area contributed by atoms with Gasteiger partial charge in [0.1, 0.15) is 6.33 Å². The van der Waals surface area contributed by atoms with Crippen LogP contribution in [0.3, 0.4) is 0 Å². The summed E-state index contributed by atoms with van der Waals surface area (Å²) in [5.41, 5.74) is 10.1. The van der Waals surface area contributed by atoms with Crippen molar-refractivity contribution < 1.29 is 4.39 Å². The van der Waals surface area contributed by atoms with E-state index in [0.717, 1.165) is 12.1 Å². The Hall–Kier alpha value is -2.40. The molecule has 4 nitrogen and oxygen atoms in total. The maximum absolute atomic E-state index is 13.5. The zero-order valence-corrected chi connectivity index (χ0v) is 11.2. The van der Waals surface area contributed by atoms with E-state index < -0.39 is 5.95 Å². The summed E-state index contributed by atoms with van der Waals surface area (Å²) in [6.07, 6.45) is 3.73. The summed E-state index contributed by atoms with van der Waals surface area (Å²) in [4.78, 5) is 12.2. The predicted molar refractivity (Wildman–Crippen MR) is 77.3 cm³/mol. The van der Waals surface area contributed by atoms with Crippen LogP contribution in [-0.2, 0) is 6.42 Å². The molecule has 5 heteroatoms. The van der Waals surface area contributed by atoms with Crippen LogP contribution in [0.2, 0.25) is 0 Å². The summed E-state index contributed by atoms with van der Waals surface area (Å²) in [5.74, 6) is -0.563. The molecule has 0 bridgehead atoms. The van der Waals surface area contributed by atoms with E-state index in [1.165, 1.54) is 29.7 Å². The molecule has 0 aliphatic heterocycles. The number of hydrogen-bond donors (Lipinski definition) is 1. The molecule has 2 heterocycles. The van der Waals surface area contributed by atoms with Crippen LogP contribution in [0.25, 0.3) is 10.9 Å². The average Bonchev–Trinajstić information content (AvgIpc) is 2.82. The quantitative estimate of drug-likeness (QED) is 0.694. The molecular formula is C16H13FN4. The molecule has 0 saturated heterocycles. The first-order chi connectivity index (χ1) is 10.2. The number of nitrogens with zero attached hydrogens (tertiary/aromatic N) is 3. The van der Waals surface area contributed by atoms with Gasteiger partial charge in [-0.25, -0.2) is 15.0 Å². The van der Waals surface area contributed by atoms with Crippen LogP contribution in [0.1, 0.15) is 22.7 Å². The van der Waals surface area contributed by atoms with Gasteiger partial charge in [0.05, 0.1) is 17.4 Å². The molecule has 0 saturated carbocycles. The highest BCUT2D eigenvalue weighted by molar-refractivity contribution is 5.81. The molecule has 3 aromatic rings. The molecule has 4 rings (SSSR count). The lowest BCUT2D eigenvalue weighted by Gasteiger charge is -2.17. The van der Waals surface area contributed by atoms with Crippen LogP contribution < -0.4 is 5.73 Å². The van der Waals surface area contributed by atoms with Gasteiger partial charge in [0, 0.05) is 23.4 Å². The average molecular weight is 280 g/mol. The van der Waals surface area contributed by atoms with Crippen molar-refractivity contribution in [2.24, 2.45) is 5.73 Å². The minimum absolute atomic E-state index is 0.0338. The number of nitrogens with two attached hydrogens (primary N) is 1. The van der Waals surface area contributed by atoms with Gasteiger partial charge in [0.2, 0.25) is 5.95 Å². The fourth-order valence-corrected chi connectivity index (χ4v) is 3.18. The van der Waals surface area contributed by atoms with E-state index in [9.17, 15) is 4.39 Å². The number of benzene rings is 1. The molecule has 1 aromatic carbocycles. The van der Waals surface area contributed by atoms with Crippen LogP contribution in [0.5, 0.6) is 0 Å². The van der Waals surface area contributed by atoms with Crippen molar-refractivity contribution in [2.45, 2.75) is 18.4 Å². The van der Waals surface area contributed by atoms with Gasteiger partial charge < -0.3 is 5.73 Å². The summed E-state index contributed by atoms with van der Waals surface area (Å²) < 4.78 is 13.5. The second kappa shape index (κ2) is 4.56. The Bertz CT molecular complexity index is 833. The first-order valence-corrected chi connectivity index (χ1v) is 6.83. The van der Waals surface area contributed by atoms with Gasteiger partial charge in [-0.2, -0.15) is 4.39 Å². The van der Waals surface area contributed by atoms with Gasteiger partial charge in [-0.1, -0.05) is 24.3 Å². The van der Waals surface area contributed by atoms with Gasteiger partial charge in [-0.3, -0.25) is 0 Å². The third kappa shape index (κ3) is 1.89. The molecule has 0 fully saturated rings. The smallest absolute Gasteiger partial charge is 0.213 e. The Morgan fingerprint density at radius 1 is 1.14 bits per heavy atom. The molecule has 104 valence electrons. The minimum atomic E-state index is -0.529. The van der Waals surface area contributed by atoms with E-state index in [2.05, 4.69) is 27.1 Å². The Labute approximate surface area is 120 Å². The summed E-state index contributed by atoms with van der Waals surface area (Å²) in [6.45, 7) is 0. The lowest BCUT2D eigenvalue weighted by molar-refractivity contribution is 0.584. The summed E-state index contributed by atoms with van der Waals surface area (Å²) in [6, 6.07) is 9.49. The Morgan fingerprint density at radius 3 is 2.90 bits per heavy atom. The SMILES string of the molecule is NC1Cc2ccccc2C1c1ncnc2cnc(F)cc12. The zero-order valence-electron chi connectivity index (χ0n) is 11.2. The van der Waals surface area contributed by atoms with Crippen molar-refractivity contribution in [3.05, 3.63) is 65.6 Å². The highest BCUT2D eigenvalue weighted by Crippen LogP contribution is 2.38. The number of hydrogen-bond acceptors (Lipinski definition) is 4. The van der Waals surface area contributed by atoms with Crippen LogP contribution in [0.15, 0.2) is 42.9 Å². The van der Waals surface area contributed by atoms with Gasteiger partial charge >= 0.3 is 0 Å². The molecule has 21 heavy (non-hydrogen) atoms. The minimum Gasteiger partial charge on any atom is -0.326 e. The molecule has 0 amide bonds. The normalized spacial score (nSPS) is 20.7. The molecule has 1 aliphatic rings. The van der Waals surface area contributed by atoms with Gasteiger partial charge in [0.15, 0.2) is 0 Å². The van der Waals surface area contributed by atoms with Crippen molar-refractivity contribution >= 4 is 10.9 Å².